The number of sulfonamides is 1. The Morgan fingerprint density at radius 3 is 2.20 bits per heavy atom. The normalized spacial score (nSPS) is 19.4. The van der Waals surface area contributed by atoms with Crippen molar-refractivity contribution in [2.45, 2.75) is 37.1 Å². The second-order valence-electron chi connectivity index (χ2n) is 7.60. The van der Waals surface area contributed by atoms with E-state index in [2.05, 4.69) is 5.32 Å². The van der Waals surface area contributed by atoms with E-state index in [-0.39, 0.29) is 17.3 Å². The highest BCUT2D eigenvalue weighted by molar-refractivity contribution is 7.89. The molecule has 0 unspecified atom stereocenters. The zero-order chi connectivity index (χ0) is 21.7. The van der Waals surface area contributed by atoms with E-state index in [0.29, 0.717) is 18.5 Å². The van der Waals surface area contributed by atoms with Gasteiger partial charge in [-0.3, -0.25) is 9.59 Å². The van der Waals surface area contributed by atoms with E-state index in [4.69, 9.17) is 0 Å². The third-order valence-electron chi connectivity index (χ3n) is 5.50. The van der Waals surface area contributed by atoms with Crippen LogP contribution in [0.2, 0.25) is 0 Å². The third kappa shape index (κ3) is 5.06. The molecule has 160 valence electrons. The smallest absolute Gasteiger partial charge is 0.307 e. The average molecular weight is 431 g/mol. The lowest BCUT2D eigenvalue weighted by Gasteiger charge is -2.27. The molecule has 2 aromatic rings. The first-order chi connectivity index (χ1) is 14.3. The lowest BCUT2D eigenvalue weighted by molar-refractivity contribution is -0.147. The third-order valence-corrected chi connectivity index (χ3v) is 7.32. The van der Waals surface area contributed by atoms with Crippen LogP contribution in [-0.4, -0.2) is 36.8 Å². The van der Waals surface area contributed by atoms with Crippen LogP contribution in [0, 0.1) is 11.8 Å². The first-order valence-corrected chi connectivity index (χ1v) is 11.4. The van der Waals surface area contributed by atoms with Crippen LogP contribution in [0.25, 0.3) is 0 Å². The average Bonchev–Trinajstić information content (AvgIpc) is 2.74. The Labute approximate surface area is 176 Å². The predicted octanol–water partition coefficient (Wildman–Crippen LogP) is 3.34. The largest absolute Gasteiger partial charge is 0.481 e. The molecule has 2 N–H and O–H groups in total. The fourth-order valence-corrected chi connectivity index (χ4v) is 4.95. The zero-order valence-corrected chi connectivity index (χ0v) is 17.6. The van der Waals surface area contributed by atoms with Crippen LogP contribution in [0.15, 0.2) is 59.5 Å². The van der Waals surface area contributed by atoms with Gasteiger partial charge in [-0.15, -0.1) is 0 Å². The van der Waals surface area contributed by atoms with Gasteiger partial charge in [-0.25, -0.2) is 8.42 Å². The van der Waals surface area contributed by atoms with Crippen molar-refractivity contribution >= 4 is 27.6 Å². The van der Waals surface area contributed by atoms with Gasteiger partial charge in [0, 0.05) is 19.3 Å². The summed E-state index contributed by atoms with van der Waals surface area (Å²) in [5.41, 5.74) is 1.33. The van der Waals surface area contributed by atoms with Crippen LogP contribution in [0.3, 0.4) is 0 Å². The molecular formula is C22H26N2O5S. The number of carboxylic acids is 1. The topological polar surface area (TPSA) is 104 Å². The van der Waals surface area contributed by atoms with E-state index in [9.17, 15) is 23.1 Å². The van der Waals surface area contributed by atoms with Gasteiger partial charge < -0.3 is 10.4 Å². The Hall–Kier alpha value is -2.71. The van der Waals surface area contributed by atoms with Crippen molar-refractivity contribution < 1.29 is 23.1 Å². The van der Waals surface area contributed by atoms with Gasteiger partial charge >= 0.3 is 5.97 Å². The molecule has 0 aliphatic heterocycles. The molecule has 0 aromatic heterocycles. The van der Waals surface area contributed by atoms with Crippen LogP contribution in [0.1, 0.15) is 31.2 Å². The first kappa shape index (κ1) is 22.0. The maximum Gasteiger partial charge on any atom is 0.307 e. The van der Waals surface area contributed by atoms with Crippen molar-refractivity contribution in [2.75, 3.05) is 12.4 Å². The second-order valence-corrected chi connectivity index (χ2v) is 9.64. The summed E-state index contributed by atoms with van der Waals surface area (Å²) in [7, 11) is -2.16. The van der Waals surface area contributed by atoms with Gasteiger partial charge in [-0.1, -0.05) is 43.2 Å². The fraction of sp³-hybridized carbons (Fsp3) is 0.364. The number of carboxylic acid groups (broad SMARTS) is 1. The van der Waals surface area contributed by atoms with Gasteiger partial charge in [0.25, 0.3) is 0 Å². The second kappa shape index (κ2) is 9.40. The molecule has 2 aromatic carbocycles. The summed E-state index contributed by atoms with van der Waals surface area (Å²) in [4.78, 5) is 24.1. The molecule has 2 atom stereocenters. The lowest BCUT2D eigenvalue weighted by atomic mass is 9.78. The van der Waals surface area contributed by atoms with Crippen molar-refractivity contribution in [3.05, 3.63) is 60.2 Å². The molecule has 1 saturated carbocycles. The first-order valence-electron chi connectivity index (χ1n) is 9.93. The lowest BCUT2D eigenvalue weighted by Crippen LogP contribution is -2.36. The van der Waals surface area contributed by atoms with Gasteiger partial charge in [0.05, 0.1) is 16.7 Å². The molecule has 0 radical (unpaired) electrons. The maximum absolute atomic E-state index is 12.8. The summed E-state index contributed by atoms with van der Waals surface area (Å²) in [6, 6.07) is 15.3. The van der Waals surface area contributed by atoms with Gasteiger partial charge in [0.2, 0.25) is 15.9 Å². The fourth-order valence-electron chi connectivity index (χ4n) is 3.79. The number of rotatable bonds is 7. The summed E-state index contributed by atoms with van der Waals surface area (Å²) >= 11 is 0. The van der Waals surface area contributed by atoms with Crippen molar-refractivity contribution in [2.24, 2.45) is 11.8 Å². The number of amides is 1. The molecule has 0 saturated heterocycles. The molecule has 8 heteroatoms. The van der Waals surface area contributed by atoms with E-state index < -0.39 is 27.8 Å². The predicted molar refractivity (Wildman–Crippen MR) is 113 cm³/mol. The number of benzene rings is 2. The van der Waals surface area contributed by atoms with E-state index >= 15 is 0 Å². The Bertz CT molecular complexity index is 990. The van der Waals surface area contributed by atoms with Gasteiger partial charge in [-0.05, 0) is 42.7 Å². The Morgan fingerprint density at radius 2 is 1.60 bits per heavy atom. The molecule has 1 fully saturated rings. The van der Waals surface area contributed by atoms with E-state index in [1.165, 1.54) is 35.6 Å². The SMILES string of the molecule is CN(Cc1ccccc1)S(=O)(=O)c1ccc(NC(=O)[C@@H]2CCCC[C@H]2C(=O)O)cc1. The van der Waals surface area contributed by atoms with E-state index in [1.807, 2.05) is 30.3 Å². The van der Waals surface area contributed by atoms with Gasteiger partial charge in [-0.2, -0.15) is 4.31 Å². The molecular weight excluding hydrogens is 404 g/mol. The van der Waals surface area contributed by atoms with Crippen molar-refractivity contribution in [3.63, 3.8) is 0 Å². The summed E-state index contributed by atoms with van der Waals surface area (Å²) in [5.74, 6) is -2.53. The standard InChI is InChI=1S/C22H26N2O5S/c1-24(15-16-7-3-2-4-8-16)30(28,29)18-13-11-17(12-14-18)23-21(25)19-9-5-6-10-20(19)22(26)27/h2-4,7-8,11-14,19-20H,5-6,9-10,15H2,1H3,(H,23,25)(H,26,27)/t19-,20-/m1/s1. The van der Waals surface area contributed by atoms with E-state index in [0.717, 1.165) is 18.4 Å². The van der Waals surface area contributed by atoms with Crippen molar-refractivity contribution in [1.29, 1.82) is 0 Å². The van der Waals surface area contributed by atoms with E-state index in [1.54, 1.807) is 0 Å². The number of carbonyl (C=O) groups excluding carboxylic acids is 1. The Kier molecular flexibility index (Phi) is 6.89. The van der Waals surface area contributed by atoms with Gasteiger partial charge in [0.1, 0.15) is 0 Å². The highest BCUT2D eigenvalue weighted by atomic mass is 32.2. The number of aliphatic carboxylic acids is 1. The molecule has 1 aliphatic rings. The highest BCUT2D eigenvalue weighted by Gasteiger charge is 2.35. The summed E-state index contributed by atoms with van der Waals surface area (Å²) < 4.78 is 26.9. The number of hydrogen-bond donors (Lipinski definition) is 2. The van der Waals surface area contributed by atoms with Crippen LogP contribution in [0.4, 0.5) is 5.69 Å². The molecule has 0 spiro atoms. The van der Waals surface area contributed by atoms with Crippen LogP contribution < -0.4 is 5.32 Å². The number of hydrogen-bond acceptors (Lipinski definition) is 4. The Morgan fingerprint density at radius 1 is 1.00 bits per heavy atom. The quantitative estimate of drug-likeness (QED) is 0.701. The minimum absolute atomic E-state index is 0.125. The number of carbonyl (C=O) groups is 2. The van der Waals surface area contributed by atoms with Crippen molar-refractivity contribution in [1.82, 2.24) is 4.31 Å². The molecule has 0 bridgehead atoms. The monoisotopic (exact) mass is 430 g/mol. The van der Waals surface area contributed by atoms with Crippen LogP contribution in [0.5, 0.6) is 0 Å². The minimum Gasteiger partial charge on any atom is -0.481 e. The molecule has 1 aliphatic carbocycles. The van der Waals surface area contributed by atoms with Gasteiger partial charge in [0.15, 0.2) is 0 Å². The van der Waals surface area contributed by atoms with Crippen molar-refractivity contribution in [3.8, 4) is 0 Å². The summed E-state index contributed by atoms with van der Waals surface area (Å²) in [6.45, 7) is 0.250. The maximum atomic E-state index is 12.8. The molecule has 7 nitrogen and oxygen atoms in total. The Balaban J connectivity index is 1.68. The minimum atomic E-state index is -3.68. The number of nitrogens with zero attached hydrogens (tertiary/aromatic N) is 1. The highest BCUT2D eigenvalue weighted by Crippen LogP contribution is 2.31. The van der Waals surface area contributed by atoms with Crippen LogP contribution in [-0.2, 0) is 26.2 Å². The molecule has 0 heterocycles. The number of nitrogens with one attached hydrogen (secondary N) is 1. The molecule has 3 rings (SSSR count). The summed E-state index contributed by atoms with van der Waals surface area (Å²) in [6.07, 6.45) is 2.68. The zero-order valence-electron chi connectivity index (χ0n) is 16.8. The molecule has 1 amide bonds. The molecule has 30 heavy (non-hydrogen) atoms. The van der Waals surface area contributed by atoms with Crippen LogP contribution >= 0.6 is 0 Å². The summed E-state index contributed by atoms with van der Waals surface area (Å²) in [5, 5.41) is 12.1. The number of anilines is 1.